The van der Waals surface area contributed by atoms with Gasteiger partial charge in [0.05, 0.1) is 24.6 Å². The van der Waals surface area contributed by atoms with E-state index >= 15 is 0 Å². The standard InChI is InChI=1S/C34H44N2O6/c1-3-5-7-15-33(39)42-25-30-14-10-20-36(30)34(40)28(11-4-2)22-32(38)35-29(23-37)21-26-16-18-31(19-17-26)41-24-27-12-8-6-9-13-27/h3-4,6,8-9,12-13,16-19,28-30,37H,1-2,5,7,10-11,14-15,20-25H2,(H,35,38)/t28-,29+,30+/m1/s1. The van der Waals surface area contributed by atoms with E-state index in [9.17, 15) is 19.5 Å². The topological polar surface area (TPSA) is 105 Å². The number of likely N-dealkylation sites (tertiary alicyclic amines) is 1. The number of amides is 2. The fourth-order valence-electron chi connectivity index (χ4n) is 5.08. The third-order valence-electron chi connectivity index (χ3n) is 7.36. The number of nitrogens with one attached hydrogen (secondary N) is 1. The molecule has 0 bridgehead atoms. The van der Waals surface area contributed by atoms with Crippen molar-refractivity contribution in [2.75, 3.05) is 19.8 Å². The molecule has 1 saturated heterocycles. The molecule has 8 heteroatoms. The summed E-state index contributed by atoms with van der Waals surface area (Å²) in [6, 6.07) is 16.8. The molecule has 2 amide bonds. The average Bonchev–Trinajstić information content (AvgIpc) is 3.48. The molecule has 1 aliphatic heterocycles. The van der Waals surface area contributed by atoms with Gasteiger partial charge in [-0.1, -0.05) is 54.6 Å². The second-order valence-corrected chi connectivity index (χ2v) is 10.7. The Morgan fingerprint density at radius 2 is 1.81 bits per heavy atom. The van der Waals surface area contributed by atoms with Crippen molar-refractivity contribution >= 4 is 17.8 Å². The maximum Gasteiger partial charge on any atom is 0.305 e. The third-order valence-corrected chi connectivity index (χ3v) is 7.36. The van der Waals surface area contributed by atoms with Gasteiger partial charge in [0.1, 0.15) is 19.0 Å². The minimum absolute atomic E-state index is 0.0157. The smallest absolute Gasteiger partial charge is 0.305 e. The summed E-state index contributed by atoms with van der Waals surface area (Å²) in [6.45, 7) is 8.40. The molecule has 0 radical (unpaired) electrons. The van der Waals surface area contributed by atoms with Crippen LogP contribution in [-0.4, -0.2) is 59.6 Å². The first-order chi connectivity index (χ1) is 20.4. The Morgan fingerprint density at radius 3 is 2.50 bits per heavy atom. The van der Waals surface area contributed by atoms with Crippen LogP contribution in [0.15, 0.2) is 79.9 Å². The number of carbonyl (C=O) groups is 3. The van der Waals surface area contributed by atoms with Crippen LogP contribution in [0, 0.1) is 5.92 Å². The van der Waals surface area contributed by atoms with Gasteiger partial charge >= 0.3 is 5.97 Å². The lowest BCUT2D eigenvalue weighted by molar-refractivity contribution is -0.148. The maximum atomic E-state index is 13.4. The van der Waals surface area contributed by atoms with E-state index in [1.54, 1.807) is 17.1 Å². The van der Waals surface area contributed by atoms with Gasteiger partial charge in [0.15, 0.2) is 0 Å². The van der Waals surface area contributed by atoms with Gasteiger partial charge in [-0.05, 0) is 61.8 Å². The highest BCUT2D eigenvalue weighted by atomic mass is 16.5. The Hall–Kier alpha value is -3.91. The van der Waals surface area contributed by atoms with E-state index in [-0.39, 0.29) is 43.5 Å². The van der Waals surface area contributed by atoms with E-state index < -0.39 is 12.0 Å². The van der Waals surface area contributed by atoms with Gasteiger partial charge in [0.25, 0.3) is 0 Å². The quantitative estimate of drug-likeness (QED) is 0.151. The molecule has 1 fully saturated rings. The van der Waals surface area contributed by atoms with Crippen molar-refractivity contribution in [1.29, 1.82) is 0 Å². The van der Waals surface area contributed by atoms with Crippen molar-refractivity contribution < 1.29 is 29.0 Å². The van der Waals surface area contributed by atoms with E-state index in [0.717, 1.165) is 36.1 Å². The molecule has 0 unspecified atom stereocenters. The number of aliphatic hydroxyl groups excluding tert-OH is 1. The van der Waals surface area contributed by atoms with E-state index in [1.807, 2.05) is 54.6 Å². The number of ether oxygens (including phenoxy) is 2. The molecule has 1 heterocycles. The van der Waals surface area contributed by atoms with Crippen LogP contribution in [0.3, 0.4) is 0 Å². The van der Waals surface area contributed by atoms with Crippen molar-refractivity contribution in [3.8, 4) is 5.75 Å². The van der Waals surface area contributed by atoms with Crippen LogP contribution in [-0.2, 0) is 32.1 Å². The highest BCUT2D eigenvalue weighted by Crippen LogP contribution is 2.24. The lowest BCUT2D eigenvalue weighted by Gasteiger charge is -2.28. The van der Waals surface area contributed by atoms with Crippen LogP contribution >= 0.6 is 0 Å². The highest BCUT2D eigenvalue weighted by molar-refractivity contribution is 5.86. The molecule has 42 heavy (non-hydrogen) atoms. The van der Waals surface area contributed by atoms with Crippen molar-refractivity contribution in [1.82, 2.24) is 10.2 Å². The van der Waals surface area contributed by atoms with Crippen molar-refractivity contribution in [3.63, 3.8) is 0 Å². The average molecular weight is 577 g/mol. The largest absolute Gasteiger partial charge is 0.489 e. The zero-order valence-electron chi connectivity index (χ0n) is 24.4. The Kier molecular flexibility index (Phi) is 13.8. The predicted octanol–water partition coefficient (Wildman–Crippen LogP) is 4.76. The maximum absolute atomic E-state index is 13.4. The molecule has 0 spiro atoms. The number of esters is 1. The first-order valence-electron chi connectivity index (χ1n) is 14.8. The van der Waals surface area contributed by atoms with Crippen LogP contribution in [0.5, 0.6) is 5.75 Å². The van der Waals surface area contributed by atoms with Gasteiger partial charge in [-0.15, -0.1) is 13.2 Å². The highest BCUT2D eigenvalue weighted by Gasteiger charge is 2.34. The molecule has 2 aromatic rings. The zero-order valence-corrected chi connectivity index (χ0v) is 24.4. The van der Waals surface area contributed by atoms with Gasteiger partial charge in [-0.3, -0.25) is 14.4 Å². The van der Waals surface area contributed by atoms with Crippen LogP contribution in [0.2, 0.25) is 0 Å². The van der Waals surface area contributed by atoms with Gasteiger partial charge in [-0.2, -0.15) is 0 Å². The number of hydrogen-bond acceptors (Lipinski definition) is 6. The van der Waals surface area contributed by atoms with Gasteiger partial charge in [-0.25, -0.2) is 0 Å². The number of allylic oxidation sites excluding steroid dienone is 2. The molecule has 3 rings (SSSR count). The first-order valence-corrected chi connectivity index (χ1v) is 14.8. The number of carbonyl (C=O) groups excluding carboxylic acids is 3. The molecule has 3 atom stereocenters. The molecule has 0 saturated carbocycles. The predicted molar refractivity (Wildman–Crippen MR) is 163 cm³/mol. The Bertz CT molecular complexity index is 1150. The van der Waals surface area contributed by atoms with Crippen molar-refractivity contribution in [2.24, 2.45) is 5.92 Å². The van der Waals surface area contributed by atoms with E-state index in [0.29, 0.717) is 38.8 Å². The fraction of sp³-hybridized carbons (Fsp3) is 0.441. The molecule has 0 aliphatic carbocycles. The second kappa shape index (κ2) is 17.8. The molecule has 226 valence electrons. The molecular weight excluding hydrogens is 532 g/mol. The lowest BCUT2D eigenvalue weighted by Crippen LogP contribution is -2.45. The normalized spacial score (nSPS) is 15.8. The number of unbranched alkanes of at least 4 members (excludes halogenated alkanes) is 1. The van der Waals surface area contributed by atoms with Crippen LogP contribution in [0.4, 0.5) is 0 Å². The summed E-state index contributed by atoms with van der Waals surface area (Å²) in [4.78, 5) is 40.2. The van der Waals surface area contributed by atoms with E-state index in [1.165, 1.54) is 0 Å². The van der Waals surface area contributed by atoms with Gasteiger partial charge in [0, 0.05) is 19.4 Å². The molecule has 2 aromatic carbocycles. The van der Waals surface area contributed by atoms with E-state index in [2.05, 4.69) is 18.5 Å². The monoisotopic (exact) mass is 576 g/mol. The summed E-state index contributed by atoms with van der Waals surface area (Å²) in [7, 11) is 0. The van der Waals surface area contributed by atoms with Crippen molar-refractivity contribution in [2.45, 2.75) is 70.1 Å². The molecule has 1 aliphatic rings. The summed E-state index contributed by atoms with van der Waals surface area (Å²) in [5.41, 5.74) is 2.02. The van der Waals surface area contributed by atoms with Crippen LogP contribution < -0.4 is 10.1 Å². The van der Waals surface area contributed by atoms with Gasteiger partial charge in [0.2, 0.25) is 11.8 Å². The molecular formula is C34H44N2O6. The third kappa shape index (κ3) is 10.8. The Labute approximate surface area is 249 Å². The van der Waals surface area contributed by atoms with Crippen molar-refractivity contribution in [3.05, 3.63) is 91.0 Å². The van der Waals surface area contributed by atoms with Gasteiger partial charge < -0.3 is 24.8 Å². The molecule has 8 nitrogen and oxygen atoms in total. The summed E-state index contributed by atoms with van der Waals surface area (Å²) < 4.78 is 11.3. The zero-order chi connectivity index (χ0) is 30.2. The first kappa shape index (κ1) is 32.6. The minimum Gasteiger partial charge on any atom is -0.489 e. The molecule has 0 aromatic heterocycles. The van der Waals surface area contributed by atoms with Crippen LogP contribution in [0.1, 0.15) is 56.1 Å². The van der Waals surface area contributed by atoms with Crippen LogP contribution in [0.25, 0.3) is 0 Å². The SMILES string of the molecule is C=CCCCC(=O)OC[C@@H]1CCCN1C(=O)[C@H](CC=C)CC(=O)N[C@H](CO)Cc1ccc(OCc2ccccc2)cc1. The Balaban J connectivity index is 1.49. The number of aliphatic hydroxyl groups is 1. The summed E-state index contributed by atoms with van der Waals surface area (Å²) in [6.07, 6.45) is 7.52. The summed E-state index contributed by atoms with van der Waals surface area (Å²) in [5.74, 6) is -0.557. The number of benzene rings is 2. The molecule has 2 N–H and O–H groups in total. The Morgan fingerprint density at radius 1 is 1.05 bits per heavy atom. The van der Waals surface area contributed by atoms with E-state index in [4.69, 9.17) is 9.47 Å². The second-order valence-electron chi connectivity index (χ2n) is 10.7. The number of nitrogens with zero attached hydrogens (tertiary/aromatic N) is 1. The summed E-state index contributed by atoms with van der Waals surface area (Å²) >= 11 is 0. The summed E-state index contributed by atoms with van der Waals surface area (Å²) in [5, 5.41) is 12.8. The lowest BCUT2D eigenvalue weighted by atomic mass is 9.98. The fourth-order valence-corrected chi connectivity index (χ4v) is 5.08. The minimum atomic E-state index is -0.577. The number of hydrogen-bond donors (Lipinski definition) is 2. The number of rotatable bonds is 18.